The van der Waals surface area contributed by atoms with Crippen LogP contribution in [0.4, 0.5) is 5.13 Å². The summed E-state index contributed by atoms with van der Waals surface area (Å²) in [4.78, 5) is 4.52. The molecule has 1 N–H and O–H groups in total. The quantitative estimate of drug-likeness (QED) is 0.911. The SMILES string of the molecule is Cc1cccc2sc(NCCS(C)=O)nc12. The normalized spacial score (nSPS) is 12.9. The number of nitrogens with zero attached hydrogens (tertiary/aromatic N) is 1. The Morgan fingerprint density at radius 3 is 3.00 bits per heavy atom. The predicted octanol–water partition coefficient (Wildman–Crippen LogP) is 2.40. The van der Waals surface area contributed by atoms with Crippen molar-refractivity contribution in [1.82, 2.24) is 4.98 Å². The van der Waals surface area contributed by atoms with Crippen molar-refractivity contribution in [2.75, 3.05) is 23.9 Å². The van der Waals surface area contributed by atoms with Gasteiger partial charge in [-0.2, -0.15) is 0 Å². The molecule has 0 amide bonds. The molecule has 2 rings (SSSR count). The van der Waals surface area contributed by atoms with E-state index in [1.807, 2.05) is 6.07 Å². The van der Waals surface area contributed by atoms with Gasteiger partial charge in [-0.3, -0.25) is 4.21 Å². The topological polar surface area (TPSA) is 42.0 Å². The number of thiazole rings is 1. The van der Waals surface area contributed by atoms with Gasteiger partial charge in [0, 0.05) is 29.4 Å². The molecule has 0 aliphatic rings. The summed E-state index contributed by atoms with van der Waals surface area (Å²) in [6, 6.07) is 6.18. The Bertz CT molecular complexity index is 522. The molecule has 0 saturated carbocycles. The Morgan fingerprint density at radius 2 is 2.31 bits per heavy atom. The van der Waals surface area contributed by atoms with Gasteiger partial charge < -0.3 is 5.32 Å². The third-order valence-electron chi connectivity index (χ3n) is 2.29. The number of para-hydroxylation sites is 1. The van der Waals surface area contributed by atoms with E-state index < -0.39 is 10.8 Å². The molecule has 0 aliphatic carbocycles. The predicted molar refractivity (Wildman–Crippen MR) is 71.8 cm³/mol. The first-order valence-electron chi connectivity index (χ1n) is 5.07. The zero-order valence-electron chi connectivity index (χ0n) is 9.32. The van der Waals surface area contributed by atoms with Crippen LogP contribution in [0.3, 0.4) is 0 Å². The maximum Gasteiger partial charge on any atom is 0.183 e. The minimum atomic E-state index is -0.747. The number of hydrogen-bond acceptors (Lipinski definition) is 4. The fourth-order valence-electron chi connectivity index (χ4n) is 1.46. The monoisotopic (exact) mass is 254 g/mol. The number of nitrogens with one attached hydrogen (secondary N) is 1. The van der Waals surface area contributed by atoms with Crippen LogP contribution in [0.25, 0.3) is 10.2 Å². The molecule has 1 aromatic heterocycles. The van der Waals surface area contributed by atoms with Crippen LogP contribution < -0.4 is 5.32 Å². The molecule has 0 aliphatic heterocycles. The molecule has 0 saturated heterocycles. The summed E-state index contributed by atoms with van der Waals surface area (Å²) in [6.45, 7) is 2.77. The van der Waals surface area contributed by atoms with Crippen molar-refractivity contribution in [2.24, 2.45) is 0 Å². The highest BCUT2D eigenvalue weighted by Crippen LogP contribution is 2.27. The summed E-state index contributed by atoms with van der Waals surface area (Å²) in [6.07, 6.45) is 1.71. The Labute approximate surface area is 101 Å². The smallest absolute Gasteiger partial charge is 0.183 e. The van der Waals surface area contributed by atoms with Crippen molar-refractivity contribution >= 4 is 37.5 Å². The zero-order valence-corrected chi connectivity index (χ0v) is 11.0. The lowest BCUT2D eigenvalue weighted by atomic mass is 10.2. The van der Waals surface area contributed by atoms with E-state index in [4.69, 9.17) is 0 Å². The maximum atomic E-state index is 10.9. The molecule has 0 bridgehead atoms. The number of aromatic nitrogens is 1. The summed E-state index contributed by atoms with van der Waals surface area (Å²) in [5.41, 5.74) is 2.26. The number of benzene rings is 1. The van der Waals surface area contributed by atoms with E-state index in [1.165, 1.54) is 10.3 Å². The second kappa shape index (κ2) is 4.93. The van der Waals surface area contributed by atoms with Crippen LogP contribution in [-0.4, -0.2) is 27.7 Å². The van der Waals surface area contributed by atoms with Crippen LogP contribution in [-0.2, 0) is 10.8 Å². The first-order chi connectivity index (χ1) is 7.66. The first-order valence-corrected chi connectivity index (χ1v) is 7.61. The molecular formula is C11H14N2OS2. The van der Waals surface area contributed by atoms with Crippen molar-refractivity contribution in [3.05, 3.63) is 23.8 Å². The average molecular weight is 254 g/mol. The number of anilines is 1. The summed E-state index contributed by atoms with van der Waals surface area (Å²) in [5.74, 6) is 0.662. The molecule has 0 spiro atoms. The highest BCUT2D eigenvalue weighted by molar-refractivity contribution is 7.84. The fraction of sp³-hybridized carbons (Fsp3) is 0.364. The molecule has 16 heavy (non-hydrogen) atoms. The lowest BCUT2D eigenvalue weighted by Gasteiger charge is -1.98. The third kappa shape index (κ3) is 2.59. The number of fused-ring (bicyclic) bond motifs is 1. The van der Waals surface area contributed by atoms with Crippen LogP contribution in [0.1, 0.15) is 5.56 Å². The Hall–Kier alpha value is -0.940. The number of hydrogen-bond donors (Lipinski definition) is 1. The van der Waals surface area contributed by atoms with Gasteiger partial charge in [-0.1, -0.05) is 23.5 Å². The van der Waals surface area contributed by atoms with E-state index in [9.17, 15) is 4.21 Å². The van der Waals surface area contributed by atoms with Gasteiger partial charge in [0.05, 0.1) is 10.2 Å². The number of rotatable bonds is 4. The molecule has 86 valence electrons. The molecule has 0 radical (unpaired) electrons. The van der Waals surface area contributed by atoms with E-state index in [0.29, 0.717) is 12.3 Å². The van der Waals surface area contributed by atoms with Gasteiger partial charge in [0.25, 0.3) is 0 Å². The van der Waals surface area contributed by atoms with Gasteiger partial charge in [-0.25, -0.2) is 4.98 Å². The van der Waals surface area contributed by atoms with Gasteiger partial charge in [-0.15, -0.1) is 0 Å². The molecule has 1 unspecified atom stereocenters. The van der Waals surface area contributed by atoms with Crippen molar-refractivity contribution in [3.63, 3.8) is 0 Å². The zero-order chi connectivity index (χ0) is 11.5. The summed E-state index contributed by atoms with van der Waals surface area (Å²) < 4.78 is 12.1. The van der Waals surface area contributed by atoms with E-state index in [2.05, 4.69) is 29.4 Å². The van der Waals surface area contributed by atoms with Crippen molar-refractivity contribution < 1.29 is 4.21 Å². The highest BCUT2D eigenvalue weighted by Gasteiger charge is 2.04. The molecular weight excluding hydrogens is 240 g/mol. The van der Waals surface area contributed by atoms with Crippen molar-refractivity contribution in [1.29, 1.82) is 0 Å². The van der Waals surface area contributed by atoms with Crippen molar-refractivity contribution in [3.8, 4) is 0 Å². The molecule has 1 aromatic carbocycles. The van der Waals surface area contributed by atoms with Crippen LogP contribution in [0, 0.1) is 6.92 Å². The Morgan fingerprint density at radius 1 is 1.50 bits per heavy atom. The van der Waals surface area contributed by atoms with Crippen LogP contribution >= 0.6 is 11.3 Å². The van der Waals surface area contributed by atoms with Gasteiger partial charge in [0.15, 0.2) is 5.13 Å². The largest absolute Gasteiger partial charge is 0.361 e. The van der Waals surface area contributed by atoms with E-state index in [-0.39, 0.29) is 0 Å². The Kier molecular flexibility index (Phi) is 3.56. The molecule has 2 aromatic rings. The van der Waals surface area contributed by atoms with Gasteiger partial charge in [-0.05, 0) is 18.6 Å². The van der Waals surface area contributed by atoms with Crippen LogP contribution in [0.15, 0.2) is 18.2 Å². The minimum Gasteiger partial charge on any atom is -0.361 e. The van der Waals surface area contributed by atoms with Gasteiger partial charge in [0.1, 0.15) is 0 Å². The lowest BCUT2D eigenvalue weighted by Crippen LogP contribution is -2.09. The minimum absolute atomic E-state index is 0.662. The lowest BCUT2D eigenvalue weighted by molar-refractivity contribution is 0.687. The third-order valence-corrected chi connectivity index (χ3v) is 4.04. The summed E-state index contributed by atoms with van der Waals surface area (Å²) >= 11 is 1.64. The van der Waals surface area contributed by atoms with E-state index in [1.54, 1.807) is 17.6 Å². The molecule has 1 atom stereocenters. The van der Waals surface area contributed by atoms with Gasteiger partial charge in [0.2, 0.25) is 0 Å². The standard InChI is InChI=1S/C11H14N2OS2/c1-8-4-3-5-9-10(8)13-11(15-9)12-6-7-16(2)14/h3-5H,6-7H2,1-2H3,(H,12,13). The maximum absolute atomic E-state index is 10.9. The van der Waals surface area contributed by atoms with Gasteiger partial charge >= 0.3 is 0 Å². The first kappa shape index (κ1) is 11.5. The van der Waals surface area contributed by atoms with E-state index in [0.717, 1.165) is 10.6 Å². The van der Waals surface area contributed by atoms with Crippen LogP contribution in [0.5, 0.6) is 0 Å². The molecule has 0 fully saturated rings. The summed E-state index contributed by atoms with van der Waals surface area (Å²) in [5, 5.41) is 4.12. The average Bonchev–Trinajstić information content (AvgIpc) is 2.61. The summed E-state index contributed by atoms with van der Waals surface area (Å²) in [7, 11) is -0.747. The van der Waals surface area contributed by atoms with Crippen LogP contribution in [0.2, 0.25) is 0 Å². The molecule has 1 heterocycles. The van der Waals surface area contributed by atoms with Crippen molar-refractivity contribution in [2.45, 2.75) is 6.92 Å². The van der Waals surface area contributed by atoms with E-state index >= 15 is 0 Å². The Balaban J connectivity index is 2.14. The molecule has 3 nitrogen and oxygen atoms in total. The highest BCUT2D eigenvalue weighted by atomic mass is 32.2. The second-order valence-electron chi connectivity index (χ2n) is 3.64. The second-order valence-corrected chi connectivity index (χ2v) is 6.23. The number of aryl methyl sites for hydroxylation is 1. The fourth-order valence-corrected chi connectivity index (χ4v) is 2.82. The molecule has 5 heteroatoms.